The summed E-state index contributed by atoms with van der Waals surface area (Å²) in [4.78, 5) is 12.1. The predicted molar refractivity (Wildman–Crippen MR) is 93.1 cm³/mol. The van der Waals surface area contributed by atoms with Gasteiger partial charge in [0.05, 0.1) is 6.61 Å². The number of amides is 1. The highest BCUT2D eigenvalue weighted by Gasteiger charge is 2.17. The first-order valence-corrected chi connectivity index (χ1v) is 8.20. The highest BCUT2D eigenvalue weighted by atomic mass is 16.5. The maximum Gasteiger partial charge on any atom is 0.260 e. The van der Waals surface area contributed by atoms with E-state index in [1.165, 1.54) is 0 Å². The first-order valence-electron chi connectivity index (χ1n) is 8.20. The molecular weight excluding hydrogens is 292 g/mol. The lowest BCUT2D eigenvalue weighted by molar-refractivity contribution is -0.127. The molecule has 0 aromatic heterocycles. The highest BCUT2D eigenvalue weighted by Crippen LogP contribution is 2.28. The molecule has 1 aromatic rings. The van der Waals surface area contributed by atoms with Gasteiger partial charge >= 0.3 is 0 Å². The van der Waals surface area contributed by atoms with Crippen LogP contribution in [-0.2, 0) is 9.53 Å². The van der Waals surface area contributed by atoms with Gasteiger partial charge in [0.2, 0.25) is 0 Å². The number of carbonyl (C=O) groups is 1. The zero-order chi connectivity index (χ0) is 17.2. The van der Waals surface area contributed by atoms with Gasteiger partial charge in [0.15, 0.2) is 6.10 Å². The molecule has 2 N–H and O–H groups in total. The van der Waals surface area contributed by atoms with Crippen LogP contribution in [0, 0.1) is 6.92 Å². The molecule has 0 aliphatic heterocycles. The van der Waals surface area contributed by atoms with E-state index in [-0.39, 0.29) is 5.91 Å². The van der Waals surface area contributed by atoms with Crippen LogP contribution in [0.15, 0.2) is 18.2 Å². The number of rotatable bonds is 10. The van der Waals surface area contributed by atoms with Crippen LogP contribution in [0.3, 0.4) is 0 Å². The van der Waals surface area contributed by atoms with Crippen molar-refractivity contribution < 1.29 is 14.3 Å². The first kappa shape index (κ1) is 19.5. The van der Waals surface area contributed by atoms with Crippen molar-refractivity contribution >= 4 is 5.91 Å². The molecule has 0 bridgehead atoms. The highest BCUT2D eigenvalue weighted by molar-refractivity contribution is 5.80. The molecule has 5 nitrogen and oxygen atoms in total. The zero-order valence-electron chi connectivity index (χ0n) is 14.9. The fourth-order valence-electron chi connectivity index (χ4n) is 2.18. The summed E-state index contributed by atoms with van der Waals surface area (Å²) >= 11 is 0. The summed E-state index contributed by atoms with van der Waals surface area (Å²) < 4.78 is 10.8. The fourth-order valence-corrected chi connectivity index (χ4v) is 2.18. The van der Waals surface area contributed by atoms with Crippen molar-refractivity contribution in [3.63, 3.8) is 0 Å². The molecule has 0 saturated heterocycles. The number of ether oxygens (including phenoxy) is 2. The van der Waals surface area contributed by atoms with E-state index in [1.54, 1.807) is 14.0 Å². The van der Waals surface area contributed by atoms with Gasteiger partial charge in [0, 0.05) is 26.7 Å². The average molecular weight is 322 g/mol. The van der Waals surface area contributed by atoms with E-state index >= 15 is 0 Å². The minimum Gasteiger partial charge on any atom is -0.481 e. The van der Waals surface area contributed by atoms with Crippen molar-refractivity contribution in [3.05, 3.63) is 29.3 Å². The average Bonchev–Trinajstić information content (AvgIpc) is 2.50. The third kappa shape index (κ3) is 7.01. The van der Waals surface area contributed by atoms with E-state index in [9.17, 15) is 4.79 Å². The van der Waals surface area contributed by atoms with E-state index in [0.717, 1.165) is 23.4 Å². The lowest BCUT2D eigenvalue weighted by Gasteiger charge is -2.19. The molecule has 1 amide bonds. The summed E-state index contributed by atoms with van der Waals surface area (Å²) in [5.74, 6) is 1.04. The molecule has 130 valence electrons. The van der Waals surface area contributed by atoms with Crippen LogP contribution in [0.2, 0.25) is 0 Å². The molecule has 0 aliphatic carbocycles. The predicted octanol–water partition coefficient (Wildman–Crippen LogP) is 2.24. The number of benzene rings is 1. The number of methoxy groups -OCH3 is 1. The van der Waals surface area contributed by atoms with Gasteiger partial charge in [-0.2, -0.15) is 0 Å². The molecule has 1 rings (SSSR count). The molecule has 0 heterocycles. The Morgan fingerprint density at radius 1 is 1.17 bits per heavy atom. The molecule has 0 saturated carbocycles. The Balaban J connectivity index is 2.47. The van der Waals surface area contributed by atoms with Gasteiger partial charge in [-0.25, -0.2) is 0 Å². The quantitative estimate of drug-likeness (QED) is 0.649. The summed E-state index contributed by atoms with van der Waals surface area (Å²) in [6.07, 6.45) is -0.520. The van der Waals surface area contributed by atoms with Crippen LogP contribution in [0.25, 0.3) is 0 Å². The molecule has 1 atom stereocenters. The number of hydrogen-bond acceptors (Lipinski definition) is 4. The summed E-state index contributed by atoms with van der Waals surface area (Å²) in [7, 11) is 1.67. The fraction of sp³-hybridized carbons (Fsp3) is 0.611. The normalized spacial score (nSPS) is 12.3. The SMILES string of the molecule is COCCNCCNC(=O)C(C)Oc1cc(C)ccc1C(C)C. The van der Waals surface area contributed by atoms with Crippen molar-refractivity contribution in [2.24, 2.45) is 0 Å². The lowest BCUT2D eigenvalue weighted by atomic mass is 10.0. The van der Waals surface area contributed by atoms with E-state index in [1.807, 2.05) is 13.0 Å². The van der Waals surface area contributed by atoms with Crippen LogP contribution in [0.1, 0.15) is 37.8 Å². The third-order valence-corrected chi connectivity index (χ3v) is 3.55. The van der Waals surface area contributed by atoms with Gasteiger partial charge in [-0.15, -0.1) is 0 Å². The Bertz CT molecular complexity index is 489. The summed E-state index contributed by atoms with van der Waals surface area (Å²) in [6, 6.07) is 6.13. The maximum absolute atomic E-state index is 12.1. The molecule has 23 heavy (non-hydrogen) atoms. The lowest BCUT2D eigenvalue weighted by Crippen LogP contribution is -2.40. The Labute approximate surface area is 139 Å². The van der Waals surface area contributed by atoms with Crippen LogP contribution in [0.5, 0.6) is 5.75 Å². The van der Waals surface area contributed by atoms with Crippen LogP contribution in [0.4, 0.5) is 0 Å². The second-order valence-corrected chi connectivity index (χ2v) is 5.99. The number of hydrogen-bond donors (Lipinski definition) is 2. The molecular formula is C18H30N2O3. The van der Waals surface area contributed by atoms with E-state index in [2.05, 4.69) is 36.6 Å². The van der Waals surface area contributed by atoms with Gasteiger partial charge in [0.1, 0.15) is 5.75 Å². The van der Waals surface area contributed by atoms with E-state index in [4.69, 9.17) is 9.47 Å². The summed E-state index contributed by atoms with van der Waals surface area (Å²) in [6.45, 7) is 10.8. The number of nitrogens with one attached hydrogen (secondary N) is 2. The minimum absolute atomic E-state index is 0.102. The van der Waals surface area contributed by atoms with Crippen molar-refractivity contribution in [1.29, 1.82) is 0 Å². The third-order valence-electron chi connectivity index (χ3n) is 3.55. The minimum atomic E-state index is -0.520. The zero-order valence-corrected chi connectivity index (χ0v) is 14.9. The van der Waals surface area contributed by atoms with Gasteiger partial charge in [-0.3, -0.25) is 4.79 Å². The van der Waals surface area contributed by atoms with Crippen LogP contribution < -0.4 is 15.4 Å². The van der Waals surface area contributed by atoms with Gasteiger partial charge < -0.3 is 20.1 Å². The Hall–Kier alpha value is -1.59. The van der Waals surface area contributed by atoms with Gasteiger partial charge in [-0.05, 0) is 37.0 Å². The molecule has 5 heteroatoms. The van der Waals surface area contributed by atoms with Crippen LogP contribution >= 0.6 is 0 Å². The second-order valence-electron chi connectivity index (χ2n) is 5.99. The van der Waals surface area contributed by atoms with E-state index < -0.39 is 6.10 Å². The monoisotopic (exact) mass is 322 g/mol. The number of aryl methyl sites for hydroxylation is 1. The summed E-state index contributed by atoms with van der Waals surface area (Å²) in [5, 5.41) is 6.06. The molecule has 1 unspecified atom stereocenters. The molecule has 0 aliphatic rings. The van der Waals surface area contributed by atoms with Gasteiger partial charge in [0.25, 0.3) is 5.91 Å². The standard InChI is InChI=1S/C18H30N2O3/c1-13(2)16-7-6-14(3)12-17(16)23-15(4)18(21)20-9-8-19-10-11-22-5/h6-7,12-13,15,19H,8-11H2,1-5H3,(H,20,21). The smallest absolute Gasteiger partial charge is 0.260 e. The second kappa shape index (κ2) is 10.2. The molecule has 0 radical (unpaired) electrons. The van der Waals surface area contributed by atoms with Crippen molar-refractivity contribution in [2.75, 3.05) is 33.4 Å². The Morgan fingerprint density at radius 2 is 1.91 bits per heavy atom. The topological polar surface area (TPSA) is 59.6 Å². The van der Waals surface area contributed by atoms with Crippen molar-refractivity contribution in [1.82, 2.24) is 10.6 Å². The maximum atomic E-state index is 12.1. The first-order chi connectivity index (χ1) is 11.0. The van der Waals surface area contributed by atoms with Gasteiger partial charge in [-0.1, -0.05) is 26.0 Å². The Morgan fingerprint density at radius 3 is 2.57 bits per heavy atom. The van der Waals surface area contributed by atoms with E-state index in [0.29, 0.717) is 25.6 Å². The van der Waals surface area contributed by atoms with Crippen molar-refractivity contribution in [2.45, 2.75) is 39.7 Å². The van der Waals surface area contributed by atoms with Crippen LogP contribution in [-0.4, -0.2) is 45.4 Å². The largest absolute Gasteiger partial charge is 0.481 e. The number of carbonyl (C=O) groups excluding carboxylic acids is 1. The van der Waals surface area contributed by atoms with Crippen molar-refractivity contribution in [3.8, 4) is 5.75 Å². The molecule has 0 fully saturated rings. The molecule has 0 spiro atoms. The molecule has 1 aromatic carbocycles. The summed E-state index contributed by atoms with van der Waals surface area (Å²) in [5.41, 5.74) is 2.25. The Kier molecular flexibility index (Phi) is 8.66.